The van der Waals surface area contributed by atoms with Crippen molar-refractivity contribution in [3.63, 3.8) is 0 Å². The van der Waals surface area contributed by atoms with Crippen LogP contribution in [0.3, 0.4) is 0 Å². The van der Waals surface area contributed by atoms with Crippen molar-refractivity contribution in [3.05, 3.63) is 56.7 Å². The van der Waals surface area contributed by atoms with Gasteiger partial charge >= 0.3 is 0 Å². The number of ether oxygens (including phenoxy) is 1. The molecular weight excluding hydrogens is 416 g/mol. The maximum absolute atomic E-state index is 13.0. The molecule has 6 nitrogen and oxygen atoms in total. The summed E-state index contributed by atoms with van der Waals surface area (Å²) >= 11 is 9.30. The van der Waals surface area contributed by atoms with Crippen LogP contribution in [0.5, 0.6) is 0 Å². The Kier molecular flexibility index (Phi) is 4.88. The molecule has 1 saturated heterocycles. The zero-order chi connectivity index (χ0) is 19.1. The SMILES string of the molecule is O=c1c2sccc2n2c(SCc3ccccc3Cl)nnc2n1C[C@H]1CCCO1. The van der Waals surface area contributed by atoms with Crippen LogP contribution < -0.4 is 5.56 Å². The van der Waals surface area contributed by atoms with Gasteiger partial charge in [0.25, 0.3) is 5.56 Å². The van der Waals surface area contributed by atoms with E-state index in [0.717, 1.165) is 40.7 Å². The van der Waals surface area contributed by atoms with Crippen molar-refractivity contribution in [3.8, 4) is 0 Å². The number of aromatic nitrogens is 4. The molecule has 4 aromatic rings. The fourth-order valence-corrected chi connectivity index (χ4v) is 5.56. The average molecular weight is 433 g/mol. The molecule has 0 amide bonds. The predicted molar refractivity (Wildman–Crippen MR) is 113 cm³/mol. The molecule has 0 unspecified atom stereocenters. The number of rotatable bonds is 5. The lowest BCUT2D eigenvalue weighted by Crippen LogP contribution is -2.28. The molecular formula is C19H17ClN4O2S2. The van der Waals surface area contributed by atoms with Gasteiger partial charge in [0.2, 0.25) is 5.78 Å². The minimum atomic E-state index is -0.0250. The normalized spacial score (nSPS) is 17.1. The number of nitrogens with zero attached hydrogens (tertiary/aromatic N) is 4. The first-order chi connectivity index (χ1) is 13.7. The Morgan fingerprint density at radius 3 is 3.00 bits per heavy atom. The zero-order valence-electron chi connectivity index (χ0n) is 14.9. The van der Waals surface area contributed by atoms with Gasteiger partial charge in [0.15, 0.2) is 5.16 Å². The molecule has 1 aromatic carbocycles. The monoisotopic (exact) mass is 432 g/mol. The molecule has 0 radical (unpaired) electrons. The van der Waals surface area contributed by atoms with E-state index in [1.165, 1.54) is 11.3 Å². The van der Waals surface area contributed by atoms with Crippen molar-refractivity contribution < 1.29 is 4.74 Å². The third kappa shape index (κ3) is 3.14. The number of fused-ring (bicyclic) bond motifs is 3. The highest BCUT2D eigenvalue weighted by molar-refractivity contribution is 7.98. The smallest absolute Gasteiger partial charge is 0.272 e. The van der Waals surface area contributed by atoms with E-state index in [-0.39, 0.29) is 11.7 Å². The molecule has 144 valence electrons. The number of benzene rings is 1. The van der Waals surface area contributed by atoms with Gasteiger partial charge in [-0.3, -0.25) is 13.8 Å². The fraction of sp³-hybridized carbons (Fsp3) is 0.316. The second-order valence-electron chi connectivity index (χ2n) is 6.68. The summed E-state index contributed by atoms with van der Waals surface area (Å²) in [4.78, 5) is 13.0. The van der Waals surface area contributed by atoms with Crippen molar-refractivity contribution in [2.45, 2.75) is 36.4 Å². The third-order valence-electron chi connectivity index (χ3n) is 4.91. The fourth-order valence-electron chi connectivity index (χ4n) is 3.51. The lowest BCUT2D eigenvalue weighted by molar-refractivity contribution is 0.0969. The first kappa shape index (κ1) is 18.2. The van der Waals surface area contributed by atoms with E-state index in [1.807, 2.05) is 40.1 Å². The van der Waals surface area contributed by atoms with Crippen LogP contribution in [0, 0.1) is 0 Å². The molecule has 1 fully saturated rings. The van der Waals surface area contributed by atoms with Gasteiger partial charge in [0.05, 0.1) is 18.2 Å². The molecule has 9 heteroatoms. The molecule has 1 atom stereocenters. The molecule has 4 heterocycles. The summed E-state index contributed by atoms with van der Waals surface area (Å²) in [5, 5.41) is 12.2. The molecule has 0 bridgehead atoms. The largest absolute Gasteiger partial charge is 0.376 e. The summed E-state index contributed by atoms with van der Waals surface area (Å²) in [5.74, 6) is 1.24. The van der Waals surface area contributed by atoms with Gasteiger partial charge in [-0.2, -0.15) is 0 Å². The number of thioether (sulfide) groups is 1. The summed E-state index contributed by atoms with van der Waals surface area (Å²) in [6, 6.07) is 9.73. The maximum atomic E-state index is 13.0. The van der Waals surface area contributed by atoms with E-state index in [9.17, 15) is 4.79 Å². The first-order valence-electron chi connectivity index (χ1n) is 9.05. The van der Waals surface area contributed by atoms with E-state index < -0.39 is 0 Å². The van der Waals surface area contributed by atoms with Gasteiger partial charge in [-0.05, 0) is 35.9 Å². The molecule has 5 rings (SSSR count). The summed E-state index contributed by atoms with van der Waals surface area (Å²) in [6.45, 7) is 1.26. The van der Waals surface area contributed by atoms with Gasteiger partial charge in [-0.15, -0.1) is 21.5 Å². The standard InChI is InChI=1S/C19H17ClN4O2S2/c20-14-6-2-1-4-12(14)11-28-19-22-21-18-23(10-13-5-3-8-26-13)17(25)16-15(24(18)19)7-9-27-16/h1-2,4,6-7,9,13H,3,5,8,10-11H2/t13-/m1/s1. The van der Waals surface area contributed by atoms with E-state index in [0.29, 0.717) is 22.8 Å². The predicted octanol–water partition coefficient (Wildman–Crippen LogP) is 4.23. The van der Waals surface area contributed by atoms with Crippen LogP contribution in [0.15, 0.2) is 45.7 Å². The van der Waals surface area contributed by atoms with Gasteiger partial charge < -0.3 is 4.74 Å². The van der Waals surface area contributed by atoms with Crippen LogP contribution in [-0.4, -0.2) is 31.9 Å². The van der Waals surface area contributed by atoms with Gasteiger partial charge in [0.1, 0.15) is 4.70 Å². The zero-order valence-corrected chi connectivity index (χ0v) is 17.3. The highest BCUT2D eigenvalue weighted by Gasteiger charge is 2.22. The van der Waals surface area contributed by atoms with E-state index in [1.54, 1.807) is 16.3 Å². The van der Waals surface area contributed by atoms with Crippen molar-refractivity contribution in [1.29, 1.82) is 0 Å². The van der Waals surface area contributed by atoms with Crippen LogP contribution in [-0.2, 0) is 17.0 Å². The van der Waals surface area contributed by atoms with Gasteiger partial charge in [-0.25, -0.2) is 0 Å². The molecule has 1 aliphatic rings. The Hall–Kier alpha value is -1.87. The summed E-state index contributed by atoms with van der Waals surface area (Å²) < 4.78 is 10.1. The molecule has 3 aromatic heterocycles. The van der Waals surface area contributed by atoms with Crippen molar-refractivity contribution >= 4 is 50.7 Å². The first-order valence-corrected chi connectivity index (χ1v) is 11.3. The van der Waals surface area contributed by atoms with Gasteiger partial charge in [0, 0.05) is 17.4 Å². The van der Waals surface area contributed by atoms with Crippen LogP contribution in [0.2, 0.25) is 5.02 Å². The molecule has 1 aliphatic heterocycles. The highest BCUT2D eigenvalue weighted by Crippen LogP contribution is 2.29. The van der Waals surface area contributed by atoms with Crippen LogP contribution in [0.1, 0.15) is 18.4 Å². The quantitative estimate of drug-likeness (QED) is 0.441. The Balaban J connectivity index is 1.58. The van der Waals surface area contributed by atoms with Gasteiger partial charge in [-0.1, -0.05) is 41.6 Å². The van der Waals surface area contributed by atoms with E-state index >= 15 is 0 Å². The van der Waals surface area contributed by atoms with Crippen molar-refractivity contribution in [1.82, 2.24) is 19.2 Å². The summed E-state index contributed by atoms with van der Waals surface area (Å²) in [6.07, 6.45) is 2.04. The second-order valence-corrected chi connectivity index (χ2v) is 8.95. The minimum Gasteiger partial charge on any atom is -0.376 e. The minimum absolute atomic E-state index is 0.0250. The van der Waals surface area contributed by atoms with Crippen molar-refractivity contribution in [2.24, 2.45) is 0 Å². The van der Waals surface area contributed by atoms with Crippen molar-refractivity contribution in [2.75, 3.05) is 6.61 Å². The Morgan fingerprint density at radius 2 is 2.18 bits per heavy atom. The molecule has 0 N–H and O–H groups in total. The lowest BCUT2D eigenvalue weighted by Gasteiger charge is -2.13. The van der Waals surface area contributed by atoms with E-state index in [4.69, 9.17) is 16.3 Å². The summed E-state index contributed by atoms with van der Waals surface area (Å²) in [5.41, 5.74) is 1.86. The second kappa shape index (κ2) is 7.51. The number of thiophene rings is 1. The number of hydrogen-bond acceptors (Lipinski definition) is 6. The summed E-state index contributed by atoms with van der Waals surface area (Å²) in [7, 11) is 0. The van der Waals surface area contributed by atoms with E-state index in [2.05, 4.69) is 10.2 Å². The Morgan fingerprint density at radius 1 is 1.29 bits per heavy atom. The molecule has 28 heavy (non-hydrogen) atoms. The Labute approximate surface area is 174 Å². The van der Waals surface area contributed by atoms with Crippen LogP contribution in [0.25, 0.3) is 16.0 Å². The molecule has 0 saturated carbocycles. The highest BCUT2D eigenvalue weighted by atomic mass is 35.5. The van der Waals surface area contributed by atoms with Crippen LogP contribution >= 0.6 is 34.7 Å². The topological polar surface area (TPSA) is 61.4 Å². The molecule has 0 aliphatic carbocycles. The number of halogens is 1. The lowest BCUT2D eigenvalue weighted by atomic mass is 10.2. The number of hydrogen-bond donors (Lipinski definition) is 0. The Bertz CT molecular complexity index is 1210. The average Bonchev–Trinajstić information content (AvgIpc) is 3.44. The molecule has 0 spiro atoms. The van der Waals surface area contributed by atoms with Crippen LogP contribution in [0.4, 0.5) is 0 Å². The maximum Gasteiger partial charge on any atom is 0.272 e. The third-order valence-corrected chi connectivity index (χ3v) is 7.15.